The van der Waals surface area contributed by atoms with Crippen molar-refractivity contribution in [2.45, 2.75) is 0 Å². The quantitative estimate of drug-likeness (QED) is 0.435. The van der Waals surface area contributed by atoms with Gasteiger partial charge in [-0.1, -0.05) is 6.07 Å². The Balaban J connectivity index is 0. The van der Waals surface area contributed by atoms with E-state index in [2.05, 4.69) is 6.07 Å². The first kappa shape index (κ1) is 14.8. The fraction of sp³-hybridized carbons (Fsp3) is 0.250. The van der Waals surface area contributed by atoms with Crippen LogP contribution in [0.25, 0.3) is 0 Å². The molecule has 0 amide bonds. The van der Waals surface area contributed by atoms with E-state index in [1.807, 2.05) is 18.2 Å². The predicted octanol–water partition coefficient (Wildman–Crippen LogP) is -1.17. The zero-order chi connectivity index (χ0) is 7.40. The van der Waals surface area contributed by atoms with Crippen LogP contribution >= 0.6 is 9.90 Å². The van der Waals surface area contributed by atoms with Crippen molar-refractivity contribution in [2.24, 2.45) is 0 Å². The third-order valence-corrected chi connectivity index (χ3v) is 1.18. The third-order valence-electron chi connectivity index (χ3n) is 1.18. The topological polar surface area (TPSA) is 18.5 Å². The molecule has 1 radical (unpaired) electrons. The molecule has 1 rings (SSSR count). The van der Waals surface area contributed by atoms with Crippen LogP contribution in [0.5, 0.6) is 11.5 Å². The van der Waals surface area contributed by atoms with Crippen LogP contribution in [0.2, 0.25) is 0 Å². The summed E-state index contributed by atoms with van der Waals surface area (Å²) < 4.78 is 9.84. The first-order valence-corrected chi connectivity index (χ1v) is 2.97. The van der Waals surface area contributed by atoms with E-state index in [1.54, 1.807) is 14.2 Å². The van der Waals surface area contributed by atoms with Crippen molar-refractivity contribution in [3.8, 4) is 11.5 Å². The molecule has 1 aromatic carbocycles. The zero-order valence-electron chi connectivity index (χ0n) is 7.63. The largest absolute Gasteiger partial charge is 1.00 e. The van der Waals surface area contributed by atoms with E-state index < -0.39 is 0 Å². The minimum atomic E-state index is 0. The number of hydrogen-bond acceptors (Lipinski definition) is 2. The van der Waals surface area contributed by atoms with Crippen molar-refractivity contribution < 1.29 is 39.0 Å². The van der Waals surface area contributed by atoms with Crippen LogP contribution in [-0.2, 0) is 0 Å². The van der Waals surface area contributed by atoms with Gasteiger partial charge < -0.3 is 19.4 Å². The van der Waals surface area contributed by atoms with Crippen LogP contribution in [0.3, 0.4) is 0 Å². The van der Waals surface area contributed by atoms with Gasteiger partial charge in [0.1, 0.15) is 11.5 Å². The average molecular weight is 193 g/mol. The summed E-state index contributed by atoms with van der Waals surface area (Å²) in [5, 5.41) is 0. The van der Waals surface area contributed by atoms with Crippen molar-refractivity contribution in [1.82, 2.24) is 0 Å². The van der Waals surface area contributed by atoms with Gasteiger partial charge in [-0.2, -0.15) is 0 Å². The van der Waals surface area contributed by atoms with Gasteiger partial charge in [-0.3, -0.25) is 0 Å². The van der Waals surface area contributed by atoms with Crippen LogP contribution in [0.1, 0.15) is 0 Å². The van der Waals surface area contributed by atoms with Gasteiger partial charge in [-0.05, 0) is 12.1 Å². The molecule has 0 bridgehead atoms. The number of rotatable bonds is 2. The van der Waals surface area contributed by atoms with E-state index in [0.29, 0.717) is 11.5 Å². The maximum absolute atomic E-state index is 4.92. The van der Waals surface area contributed by atoms with E-state index in [4.69, 9.17) is 9.47 Å². The maximum Gasteiger partial charge on any atom is 1.00 e. The fourth-order valence-electron chi connectivity index (χ4n) is 0.666. The molecule has 0 saturated heterocycles. The van der Waals surface area contributed by atoms with E-state index in [-0.39, 0.29) is 39.5 Å². The van der Waals surface area contributed by atoms with E-state index in [0.717, 1.165) is 0 Å². The Kier molecular flexibility index (Phi) is 9.69. The molecule has 0 aliphatic rings. The summed E-state index contributed by atoms with van der Waals surface area (Å²) in [7, 11) is 3.20. The summed E-state index contributed by atoms with van der Waals surface area (Å²) in [6.45, 7) is 0. The first-order valence-electron chi connectivity index (χ1n) is 2.97. The normalized spacial score (nSPS) is 7.50. The monoisotopic (exact) mass is 193 g/mol. The summed E-state index contributed by atoms with van der Waals surface area (Å²) in [4.78, 5) is 0. The Labute approximate surface area is 98.6 Å². The van der Waals surface area contributed by atoms with E-state index in [1.165, 1.54) is 0 Å². The van der Waals surface area contributed by atoms with Gasteiger partial charge in [-0.25, -0.2) is 0 Å². The third kappa shape index (κ3) is 4.32. The summed E-state index contributed by atoms with van der Waals surface area (Å²) in [6.07, 6.45) is 0. The van der Waals surface area contributed by atoms with Crippen molar-refractivity contribution in [2.75, 3.05) is 14.2 Å². The van der Waals surface area contributed by atoms with Gasteiger partial charge in [0.15, 0.2) is 0 Å². The summed E-state index contributed by atoms with van der Waals surface area (Å²) in [5.74, 6) is 1.39. The first-order chi connectivity index (χ1) is 4.86. The Hall–Kier alpha value is 0.250. The molecule has 0 aliphatic heterocycles. The van der Waals surface area contributed by atoms with Crippen molar-refractivity contribution in [3.05, 3.63) is 24.3 Å². The second kappa shape index (κ2) is 7.88. The molecule has 0 heterocycles. The van der Waals surface area contributed by atoms with E-state index in [9.17, 15) is 0 Å². The van der Waals surface area contributed by atoms with Crippen molar-refractivity contribution in [1.29, 1.82) is 0 Å². The fourth-order valence-corrected chi connectivity index (χ4v) is 0.666. The molecule has 1 aromatic rings. The second-order valence-corrected chi connectivity index (χ2v) is 1.79. The maximum atomic E-state index is 4.92. The Morgan fingerprint density at radius 2 is 1.50 bits per heavy atom. The molecule has 0 unspecified atom stereocenters. The van der Waals surface area contributed by atoms with Gasteiger partial charge in [0.25, 0.3) is 0 Å². The number of ether oxygens (including phenoxy) is 2. The minimum absolute atomic E-state index is 0. The van der Waals surface area contributed by atoms with Crippen molar-refractivity contribution in [3.63, 3.8) is 0 Å². The molecule has 0 spiro atoms. The molecule has 4 heteroatoms. The predicted molar refractivity (Wildman–Crippen MR) is 48.1 cm³/mol. The molecule has 12 heavy (non-hydrogen) atoms. The van der Waals surface area contributed by atoms with Crippen LogP contribution in [0.15, 0.2) is 18.2 Å². The summed E-state index contributed by atoms with van der Waals surface area (Å²) >= 11 is 0. The number of methoxy groups -OCH3 is 2. The molecule has 0 N–H and O–H groups in total. The molecule has 61 valence electrons. The molecule has 0 atom stereocenters. The van der Waals surface area contributed by atoms with Crippen molar-refractivity contribution >= 4 is 9.90 Å². The van der Waals surface area contributed by atoms with Crippen LogP contribution in [-0.4, -0.2) is 14.2 Å². The van der Waals surface area contributed by atoms with Crippen LogP contribution in [0, 0.1) is 6.07 Å². The van der Waals surface area contributed by atoms with Gasteiger partial charge >= 0.3 is 29.6 Å². The molecule has 0 fully saturated rings. The Morgan fingerprint density at radius 1 is 1.08 bits per heavy atom. The van der Waals surface area contributed by atoms with Crippen LogP contribution < -0.4 is 39.0 Å². The Morgan fingerprint density at radius 3 is 1.83 bits per heavy atom. The molecular formula is C8H11NaO2P. The summed E-state index contributed by atoms with van der Waals surface area (Å²) in [5.41, 5.74) is 0. The van der Waals surface area contributed by atoms with E-state index >= 15 is 0 Å². The molecule has 2 nitrogen and oxygen atoms in total. The van der Waals surface area contributed by atoms with Gasteiger partial charge in [0.2, 0.25) is 0 Å². The van der Waals surface area contributed by atoms with Gasteiger partial charge in [0.05, 0.1) is 20.3 Å². The standard InChI is InChI=1S/C8H9O2.Na.H2P/c1-9-7-4-3-5-8(6-7)10-2;;/h3-5H,1-2H3;;1H2/q;+1;-1. The van der Waals surface area contributed by atoms with Gasteiger partial charge in [-0.15, -0.1) is 0 Å². The molecule has 0 aliphatic carbocycles. The van der Waals surface area contributed by atoms with Crippen LogP contribution in [0.4, 0.5) is 0 Å². The molecular weight excluding hydrogens is 182 g/mol. The summed E-state index contributed by atoms with van der Waals surface area (Å²) in [6, 6.07) is 8.40. The average Bonchev–Trinajstić information content (AvgIpc) is 2.05. The molecule has 0 saturated carbocycles. The second-order valence-electron chi connectivity index (χ2n) is 1.79. The Bertz CT molecular complexity index is 199. The minimum Gasteiger partial charge on any atom is -0.577 e. The number of benzene rings is 1. The zero-order valence-corrected chi connectivity index (χ0v) is 10.8. The SMILES string of the molecule is COc1[c]c(OC)ccc1.[Na+].[PH2-]. The molecule has 0 aromatic heterocycles. The van der Waals surface area contributed by atoms with Gasteiger partial charge in [0, 0.05) is 0 Å². The number of hydrogen-bond donors (Lipinski definition) is 0. The smallest absolute Gasteiger partial charge is 0.577 e.